The minimum absolute atomic E-state index is 0.0381. The van der Waals surface area contributed by atoms with E-state index in [1.165, 1.54) is 26.2 Å². The lowest BCUT2D eigenvalue weighted by Crippen LogP contribution is -2.24. The summed E-state index contributed by atoms with van der Waals surface area (Å²) in [5.74, 6) is 0.0320. The molecule has 116 valence electrons. The Kier molecular flexibility index (Phi) is 7.51. The molecule has 0 aliphatic heterocycles. The SMILES string of the molecule is CCCCCCNC(=O)CCc1ccc(C(C)=O)c(N)c1. The van der Waals surface area contributed by atoms with E-state index in [1.807, 2.05) is 6.07 Å². The summed E-state index contributed by atoms with van der Waals surface area (Å²) >= 11 is 0. The highest BCUT2D eigenvalue weighted by Gasteiger charge is 2.07. The van der Waals surface area contributed by atoms with Gasteiger partial charge in [-0.1, -0.05) is 32.3 Å². The number of anilines is 1. The zero-order valence-corrected chi connectivity index (χ0v) is 13.1. The molecule has 0 heterocycles. The van der Waals surface area contributed by atoms with Crippen molar-refractivity contribution in [1.82, 2.24) is 5.32 Å². The number of Topliss-reactive ketones (excluding diaryl/α,β-unsaturated/α-hetero) is 1. The lowest BCUT2D eigenvalue weighted by atomic mass is 10.0. The molecule has 4 heteroatoms. The number of aryl methyl sites for hydroxylation is 1. The first-order valence-electron chi connectivity index (χ1n) is 7.70. The van der Waals surface area contributed by atoms with Crippen molar-refractivity contribution in [2.45, 2.75) is 52.4 Å². The van der Waals surface area contributed by atoms with Gasteiger partial charge in [0.2, 0.25) is 5.91 Å². The number of nitrogen functional groups attached to an aromatic ring is 1. The second-order valence-corrected chi connectivity index (χ2v) is 5.39. The quantitative estimate of drug-likeness (QED) is 0.417. The highest BCUT2D eigenvalue weighted by atomic mass is 16.1. The molecule has 1 aromatic carbocycles. The first-order chi connectivity index (χ1) is 10.0. The number of ketones is 1. The molecule has 3 N–H and O–H groups in total. The van der Waals surface area contributed by atoms with Gasteiger partial charge >= 0.3 is 0 Å². The van der Waals surface area contributed by atoms with Crippen molar-refractivity contribution < 1.29 is 9.59 Å². The van der Waals surface area contributed by atoms with Crippen molar-refractivity contribution in [3.8, 4) is 0 Å². The number of unbranched alkanes of at least 4 members (excludes halogenated alkanes) is 3. The summed E-state index contributed by atoms with van der Waals surface area (Å²) in [6, 6.07) is 5.38. The first kappa shape index (κ1) is 17.2. The van der Waals surface area contributed by atoms with Crippen LogP contribution >= 0.6 is 0 Å². The van der Waals surface area contributed by atoms with E-state index in [0.717, 1.165) is 18.5 Å². The Bertz CT molecular complexity index is 484. The number of hydrogen-bond donors (Lipinski definition) is 2. The van der Waals surface area contributed by atoms with E-state index in [0.29, 0.717) is 24.1 Å². The average Bonchev–Trinajstić information content (AvgIpc) is 2.44. The standard InChI is InChI=1S/C17H26N2O2/c1-3-4-5-6-11-19-17(21)10-8-14-7-9-15(13(2)20)16(18)12-14/h7,9,12H,3-6,8,10-11,18H2,1-2H3,(H,19,21). The van der Waals surface area contributed by atoms with Gasteiger partial charge < -0.3 is 11.1 Å². The molecule has 0 saturated carbocycles. The van der Waals surface area contributed by atoms with E-state index >= 15 is 0 Å². The van der Waals surface area contributed by atoms with Crippen LogP contribution in [0.5, 0.6) is 0 Å². The van der Waals surface area contributed by atoms with Gasteiger partial charge in [-0.25, -0.2) is 0 Å². The van der Waals surface area contributed by atoms with Gasteiger partial charge in [-0.15, -0.1) is 0 Å². The fourth-order valence-corrected chi connectivity index (χ4v) is 2.21. The topological polar surface area (TPSA) is 72.2 Å². The third-order valence-corrected chi connectivity index (χ3v) is 3.49. The summed E-state index contributed by atoms with van der Waals surface area (Å²) in [5, 5.41) is 2.93. The predicted molar refractivity (Wildman–Crippen MR) is 86.3 cm³/mol. The fourth-order valence-electron chi connectivity index (χ4n) is 2.21. The Morgan fingerprint density at radius 2 is 1.95 bits per heavy atom. The monoisotopic (exact) mass is 290 g/mol. The number of rotatable bonds is 9. The summed E-state index contributed by atoms with van der Waals surface area (Å²) in [4.78, 5) is 23.0. The minimum atomic E-state index is -0.0381. The molecule has 0 unspecified atom stereocenters. The molecule has 1 aromatic rings. The largest absolute Gasteiger partial charge is 0.398 e. The Hall–Kier alpha value is -1.84. The van der Waals surface area contributed by atoms with Gasteiger partial charge in [-0.3, -0.25) is 9.59 Å². The molecule has 0 fully saturated rings. The molecule has 0 spiro atoms. The summed E-state index contributed by atoms with van der Waals surface area (Å²) in [6.45, 7) is 4.42. The molecule has 0 atom stereocenters. The van der Waals surface area contributed by atoms with Crippen LogP contribution in [0.1, 0.15) is 61.9 Å². The zero-order valence-electron chi connectivity index (χ0n) is 13.1. The Morgan fingerprint density at radius 3 is 2.57 bits per heavy atom. The van der Waals surface area contributed by atoms with Gasteiger partial charge in [0, 0.05) is 24.2 Å². The molecule has 21 heavy (non-hydrogen) atoms. The highest BCUT2D eigenvalue weighted by molar-refractivity contribution is 5.99. The number of benzene rings is 1. The van der Waals surface area contributed by atoms with Crippen LogP contribution < -0.4 is 11.1 Å². The molecule has 0 aliphatic rings. The lowest BCUT2D eigenvalue weighted by molar-refractivity contribution is -0.121. The maximum atomic E-state index is 11.7. The van der Waals surface area contributed by atoms with Gasteiger partial charge in [0.05, 0.1) is 0 Å². The summed E-state index contributed by atoms with van der Waals surface area (Å²) in [6.07, 6.45) is 5.72. The second-order valence-electron chi connectivity index (χ2n) is 5.39. The first-order valence-corrected chi connectivity index (χ1v) is 7.70. The Balaban J connectivity index is 2.33. The summed E-state index contributed by atoms with van der Waals surface area (Å²) < 4.78 is 0. The third-order valence-electron chi connectivity index (χ3n) is 3.49. The molecule has 0 bridgehead atoms. The summed E-state index contributed by atoms with van der Waals surface area (Å²) in [7, 11) is 0. The number of carbonyl (C=O) groups excluding carboxylic acids is 2. The fraction of sp³-hybridized carbons (Fsp3) is 0.529. The van der Waals surface area contributed by atoms with Gasteiger partial charge in [0.15, 0.2) is 5.78 Å². The van der Waals surface area contributed by atoms with E-state index < -0.39 is 0 Å². The lowest BCUT2D eigenvalue weighted by Gasteiger charge is -2.07. The van der Waals surface area contributed by atoms with Crippen molar-refractivity contribution in [3.63, 3.8) is 0 Å². The number of hydrogen-bond acceptors (Lipinski definition) is 3. The van der Waals surface area contributed by atoms with Gasteiger partial charge in [-0.2, -0.15) is 0 Å². The Labute approximate surface area is 127 Å². The van der Waals surface area contributed by atoms with E-state index in [9.17, 15) is 9.59 Å². The normalized spacial score (nSPS) is 10.4. The molecular formula is C17H26N2O2. The number of nitrogens with one attached hydrogen (secondary N) is 1. The van der Waals surface area contributed by atoms with E-state index in [1.54, 1.807) is 12.1 Å². The molecule has 0 aromatic heterocycles. The third kappa shape index (κ3) is 6.43. The minimum Gasteiger partial charge on any atom is -0.398 e. The average molecular weight is 290 g/mol. The second kappa shape index (κ2) is 9.16. The van der Waals surface area contributed by atoms with E-state index in [4.69, 9.17) is 5.73 Å². The molecular weight excluding hydrogens is 264 g/mol. The van der Waals surface area contributed by atoms with Crippen LogP contribution in [0.15, 0.2) is 18.2 Å². The van der Waals surface area contributed by atoms with Crippen LogP contribution in [0.4, 0.5) is 5.69 Å². The molecule has 0 aliphatic carbocycles. The molecule has 4 nitrogen and oxygen atoms in total. The predicted octanol–water partition coefficient (Wildman–Crippen LogP) is 3.10. The maximum Gasteiger partial charge on any atom is 0.220 e. The van der Waals surface area contributed by atoms with Crippen molar-refractivity contribution in [3.05, 3.63) is 29.3 Å². The van der Waals surface area contributed by atoms with Crippen LogP contribution in [0.3, 0.4) is 0 Å². The van der Waals surface area contributed by atoms with Crippen molar-refractivity contribution >= 4 is 17.4 Å². The number of amides is 1. The van der Waals surface area contributed by atoms with Gasteiger partial charge in [0.1, 0.15) is 0 Å². The van der Waals surface area contributed by atoms with E-state index in [2.05, 4.69) is 12.2 Å². The van der Waals surface area contributed by atoms with Gasteiger partial charge in [-0.05, 0) is 37.5 Å². The van der Waals surface area contributed by atoms with Crippen LogP contribution in [0.2, 0.25) is 0 Å². The molecule has 1 rings (SSSR count). The van der Waals surface area contributed by atoms with Crippen molar-refractivity contribution in [2.75, 3.05) is 12.3 Å². The van der Waals surface area contributed by atoms with Gasteiger partial charge in [0.25, 0.3) is 0 Å². The van der Waals surface area contributed by atoms with Crippen molar-refractivity contribution in [2.24, 2.45) is 0 Å². The molecule has 0 saturated heterocycles. The smallest absolute Gasteiger partial charge is 0.220 e. The maximum absolute atomic E-state index is 11.7. The Morgan fingerprint density at radius 1 is 1.19 bits per heavy atom. The van der Waals surface area contributed by atoms with Crippen LogP contribution in [-0.2, 0) is 11.2 Å². The molecule has 1 amide bonds. The number of nitrogens with two attached hydrogens (primary N) is 1. The van der Waals surface area contributed by atoms with Crippen LogP contribution in [-0.4, -0.2) is 18.2 Å². The van der Waals surface area contributed by atoms with Crippen molar-refractivity contribution in [1.29, 1.82) is 0 Å². The van der Waals surface area contributed by atoms with Crippen LogP contribution in [0.25, 0.3) is 0 Å². The zero-order chi connectivity index (χ0) is 15.7. The number of carbonyl (C=O) groups is 2. The van der Waals surface area contributed by atoms with Crippen LogP contribution in [0, 0.1) is 0 Å². The molecule has 0 radical (unpaired) electrons. The van der Waals surface area contributed by atoms with E-state index in [-0.39, 0.29) is 11.7 Å². The summed E-state index contributed by atoms with van der Waals surface area (Å²) in [5.41, 5.74) is 7.85. The highest BCUT2D eigenvalue weighted by Crippen LogP contribution is 2.16.